The summed E-state index contributed by atoms with van der Waals surface area (Å²) in [5, 5.41) is 38.1. The van der Waals surface area contributed by atoms with Gasteiger partial charge in [0, 0.05) is 25.2 Å². The fraction of sp³-hybridized carbons (Fsp3) is 0.375. The minimum absolute atomic E-state index is 0. The van der Waals surface area contributed by atoms with Gasteiger partial charge in [-0.2, -0.15) is 11.0 Å². The topological polar surface area (TPSA) is 329 Å². The van der Waals surface area contributed by atoms with Gasteiger partial charge in [-0.3, -0.25) is 18.7 Å². The second-order valence-electron chi connectivity index (χ2n) is 7.06. The van der Waals surface area contributed by atoms with E-state index < -0.39 is 63.5 Å². The summed E-state index contributed by atoms with van der Waals surface area (Å²) in [5.74, 6) is -6.27. The van der Waals surface area contributed by atoms with Crippen LogP contribution in [0.15, 0.2) is 25.0 Å². The summed E-state index contributed by atoms with van der Waals surface area (Å²) in [4.78, 5) is 73.0. The summed E-state index contributed by atoms with van der Waals surface area (Å²) in [7, 11) is -8.99. The SMILES string of the molecule is O=C([O-])CP(=O)(O)ON[C@@H](Cc1c[nH]cn1)C(=O)O.O=C([O-])CP(=O)(O)ON[C@@H](Cc1c[nH]cn1)C(=O)O.[Cu+2]. The van der Waals surface area contributed by atoms with E-state index in [1.54, 1.807) is 0 Å². The van der Waals surface area contributed by atoms with Crippen LogP contribution in [-0.4, -0.2) is 88.2 Å². The predicted octanol–water partition coefficient (Wildman–Crippen LogP) is -4.28. The van der Waals surface area contributed by atoms with Crippen LogP contribution in [-0.2, 0) is 67.5 Å². The predicted molar refractivity (Wildman–Crippen MR) is 115 cm³/mol. The van der Waals surface area contributed by atoms with Gasteiger partial charge in [0.25, 0.3) is 0 Å². The number of aromatic amines is 2. The maximum Gasteiger partial charge on any atom is 2.00 e. The molecule has 0 spiro atoms. The van der Waals surface area contributed by atoms with E-state index in [0.717, 1.165) is 0 Å². The zero-order valence-electron chi connectivity index (χ0n) is 19.3. The van der Waals surface area contributed by atoms with E-state index in [1.807, 2.05) is 11.0 Å². The van der Waals surface area contributed by atoms with Crippen LogP contribution in [0.4, 0.5) is 0 Å². The molecule has 0 saturated heterocycles. The number of aromatic nitrogens is 4. The van der Waals surface area contributed by atoms with E-state index in [-0.39, 0.29) is 29.9 Å². The Labute approximate surface area is 228 Å². The molecule has 2 rings (SSSR count). The van der Waals surface area contributed by atoms with Gasteiger partial charge < -0.3 is 49.8 Å². The van der Waals surface area contributed by atoms with Crippen molar-refractivity contribution in [3.8, 4) is 0 Å². The molecule has 2 heterocycles. The zero-order chi connectivity index (χ0) is 28.9. The van der Waals surface area contributed by atoms with Crippen molar-refractivity contribution in [2.45, 2.75) is 24.9 Å². The first kappa shape index (κ1) is 36.0. The van der Waals surface area contributed by atoms with Crippen LogP contribution in [0, 0.1) is 0 Å². The first-order valence-electron chi connectivity index (χ1n) is 9.92. The summed E-state index contributed by atoms with van der Waals surface area (Å²) < 4.78 is 30.8. The number of carboxylic acids is 4. The average molecular weight is 648 g/mol. The number of carboxylic acid groups (broad SMARTS) is 4. The Balaban J connectivity index is 0.000000722. The summed E-state index contributed by atoms with van der Waals surface area (Å²) in [6.45, 7) is 0. The van der Waals surface area contributed by atoms with Crippen LogP contribution in [0.1, 0.15) is 11.4 Å². The third-order valence-corrected chi connectivity index (χ3v) is 5.96. The largest absolute Gasteiger partial charge is 2.00 e. The molecule has 0 saturated carbocycles. The molecule has 0 aliphatic carbocycles. The van der Waals surface area contributed by atoms with Crippen molar-refractivity contribution in [1.29, 1.82) is 0 Å². The smallest absolute Gasteiger partial charge is 0.549 e. The van der Waals surface area contributed by atoms with Gasteiger partial charge in [-0.05, 0) is 0 Å². The van der Waals surface area contributed by atoms with Crippen molar-refractivity contribution >= 4 is 39.1 Å². The van der Waals surface area contributed by atoms with E-state index in [9.17, 15) is 38.5 Å². The number of aliphatic carboxylic acids is 4. The minimum Gasteiger partial charge on any atom is -0.549 e. The third-order valence-electron chi connectivity index (χ3n) is 3.87. The van der Waals surface area contributed by atoms with Crippen LogP contribution in [0.2, 0.25) is 0 Å². The molecule has 0 aromatic carbocycles. The molecule has 0 aliphatic rings. The summed E-state index contributed by atoms with van der Waals surface area (Å²) >= 11 is 0. The van der Waals surface area contributed by atoms with E-state index in [2.05, 4.69) is 29.2 Å². The Hall–Kier alpha value is -2.96. The normalized spacial score (nSPS) is 15.2. The third kappa shape index (κ3) is 15.9. The van der Waals surface area contributed by atoms with Gasteiger partial charge in [-0.15, -0.1) is 0 Å². The maximum absolute atomic E-state index is 11.2. The maximum atomic E-state index is 11.2. The molecule has 39 heavy (non-hydrogen) atoms. The number of rotatable bonds is 16. The number of imidazole rings is 2. The number of hydroxylamine groups is 2. The number of hydrogen-bond donors (Lipinski definition) is 8. The number of carbonyl (C=O) groups excluding carboxylic acids is 2. The van der Waals surface area contributed by atoms with E-state index in [1.165, 1.54) is 25.0 Å². The number of H-pyrrole nitrogens is 2. The molecule has 8 N–H and O–H groups in total. The first-order chi connectivity index (χ1) is 17.6. The Morgan fingerprint density at radius 1 is 0.821 bits per heavy atom. The van der Waals surface area contributed by atoms with Crippen LogP contribution < -0.4 is 21.2 Å². The molecule has 0 aliphatic heterocycles. The Morgan fingerprint density at radius 2 is 1.15 bits per heavy atom. The molecular formula is C16H22CuN6O14P2. The molecule has 4 atom stereocenters. The van der Waals surface area contributed by atoms with Crippen LogP contribution in [0.5, 0.6) is 0 Å². The van der Waals surface area contributed by atoms with Gasteiger partial charge in [-0.1, -0.05) is 0 Å². The second kappa shape index (κ2) is 16.9. The standard InChI is InChI=1S/2C8H12N3O7P.Cu/c2*12-7(13)3-19(16,17)18-11-6(8(14)15)1-5-2-9-4-10-5;/h2*2,4,6,11H,1,3H2,(H,9,10)(H,12,13)(H,14,15)(H,16,17);/q;;+2/p-2/t2*6-;/m00./s1. The minimum atomic E-state index is -4.50. The van der Waals surface area contributed by atoms with E-state index >= 15 is 0 Å². The second-order valence-corrected chi connectivity index (χ2v) is 10.6. The van der Waals surface area contributed by atoms with Crippen molar-refractivity contribution in [3.05, 3.63) is 36.4 Å². The van der Waals surface area contributed by atoms with Crippen molar-refractivity contribution < 1.29 is 84.8 Å². The van der Waals surface area contributed by atoms with E-state index in [4.69, 9.17) is 20.0 Å². The zero-order valence-corrected chi connectivity index (χ0v) is 22.0. The molecule has 2 aromatic rings. The number of nitrogens with one attached hydrogen (secondary N) is 4. The van der Waals surface area contributed by atoms with Gasteiger partial charge in [0.05, 0.1) is 48.3 Å². The molecule has 2 unspecified atom stereocenters. The monoisotopic (exact) mass is 647 g/mol. The fourth-order valence-electron chi connectivity index (χ4n) is 2.26. The van der Waals surface area contributed by atoms with Gasteiger partial charge in [0.1, 0.15) is 12.1 Å². The van der Waals surface area contributed by atoms with Gasteiger partial charge in [-0.25, -0.2) is 19.2 Å². The fourth-order valence-corrected chi connectivity index (χ4v) is 3.63. The Morgan fingerprint density at radius 3 is 1.38 bits per heavy atom. The first-order valence-corrected chi connectivity index (χ1v) is 13.4. The molecule has 2 aromatic heterocycles. The van der Waals surface area contributed by atoms with Crippen molar-refractivity contribution in [2.24, 2.45) is 0 Å². The van der Waals surface area contributed by atoms with Gasteiger partial charge in [0.2, 0.25) is 0 Å². The molecular weight excluding hydrogens is 626 g/mol. The Kier molecular flexibility index (Phi) is 15.6. The van der Waals surface area contributed by atoms with Crippen molar-refractivity contribution in [3.63, 3.8) is 0 Å². The molecule has 221 valence electrons. The number of nitrogens with zero attached hydrogens (tertiary/aromatic N) is 2. The van der Waals surface area contributed by atoms with Gasteiger partial charge >= 0.3 is 44.2 Å². The van der Waals surface area contributed by atoms with Crippen molar-refractivity contribution in [1.82, 2.24) is 30.9 Å². The van der Waals surface area contributed by atoms with Crippen LogP contribution in [0.3, 0.4) is 0 Å². The quantitative estimate of drug-likeness (QED) is 0.0485. The number of carbonyl (C=O) groups is 4. The molecule has 1 radical (unpaired) electrons. The van der Waals surface area contributed by atoms with Crippen molar-refractivity contribution in [2.75, 3.05) is 12.3 Å². The molecule has 0 amide bonds. The average Bonchev–Trinajstić information content (AvgIpc) is 3.46. The molecule has 0 fully saturated rings. The molecule has 0 bridgehead atoms. The van der Waals surface area contributed by atoms with Crippen LogP contribution in [0.25, 0.3) is 0 Å². The van der Waals surface area contributed by atoms with E-state index in [0.29, 0.717) is 11.4 Å². The number of hydrogen-bond acceptors (Lipinski definition) is 14. The molecule has 20 nitrogen and oxygen atoms in total. The van der Waals surface area contributed by atoms with Crippen LogP contribution >= 0.6 is 15.2 Å². The Bertz CT molecular complexity index is 1070. The summed E-state index contributed by atoms with van der Waals surface area (Å²) in [6, 6.07) is -2.71. The summed E-state index contributed by atoms with van der Waals surface area (Å²) in [6.07, 6.45) is 2.83. The molecule has 23 heteroatoms. The van der Waals surface area contributed by atoms with Gasteiger partial charge in [0.15, 0.2) is 0 Å². The summed E-state index contributed by atoms with van der Waals surface area (Å²) in [5.41, 5.74) is 4.46.